The van der Waals surface area contributed by atoms with Crippen molar-refractivity contribution in [2.24, 2.45) is 0 Å². The van der Waals surface area contributed by atoms with E-state index in [0.717, 1.165) is 17.8 Å². The van der Waals surface area contributed by atoms with Gasteiger partial charge in [-0.05, 0) is 13.0 Å². The molecule has 0 radical (unpaired) electrons. The van der Waals surface area contributed by atoms with Crippen LogP contribution in [-0.4, -0.2) is 51.0 Å². The highest BCUT2D eigenvalue weighted by atomic mass is 16.6. The van der Waals surface area contributed by atoms with Gasteiger partial charge in [-0.1, -0.05) is 0 Å². The number of rotatable bonds is 6. The topological polar surface area (TPSA) is 74.1 Å². The molecule has 1 aromatic carbocycles. The molecule has 1 fully saturated rings. The molecule has 0 aromatic heterocycles. The Balaban J connectivity index is 2.27. The molecule has 1 aliphatic heterocycles. The Labute approximate surface area is 129 Å². The number of nitrogens with zero attached hydrogens (tertiary/aromatic N) is 2. The first-order valence-corrected chi connectivity index (χ1v) is 7.20. The van der Waals surface area contributed by atoms with Gasteiger partial charge in [-0.25, -0.2) is 0 Å². The van der Waals surface area contributed by atoms with Crippen LogP contribution in [0.5, 0.6) is 0 Å². The second-order valence-corrected chi connectivity index (χ2v) is 5.43. The van der Waals surface area contributed by atoms with E-state index in [2.05, 4.69) is 4.90 Å². The molecule has 0 N–H and O–H groups in total. The Morgan fingerprint density at radius 1 is 1.36 bits per heavy atom. The molecule has 2 rings (SSSR count). The summed E-state index contributed by atoms with van der Waals surface area (Å²) in [5.41, 5.74) is 1.83. The number of non-ortho nitro benzene ring substituents is 1. The summed E-state index contributed by atoms with van der Waals surface area (Å²) in [5, 5.41) is 10.9. The van der Waals surface area contributed by atoms with E-state index in [1.54, 1.807) is 26.4 Å². The van der Waals surface area contributed by atoms with E-state index in [1.165, 1.54) is 6.07 Å². The van der Waals surface area contributed by atoms with Crippen LogP contribution in [0, 0.1) is 10.1 Å². The van der Waals surface area contributed by atoms with Crippen LogP contribution in [0.2, 0.25) is 0 Å². The minimum absolute atomic E-state index is 0.0145. The zero-order valence-corrected chi connectivity index (χ0v) is 13.2. The number of nitro benzene ring substituents is 1. The minimum atomic E-state index is -0.390. The molecule has 2 atom stereocenters. The van der Waals surface area contributed by atoms with Crippen LogP contribution in [0.15, 0.2) is 18.2 Å². The van der Waals surface area contributed by atoms with Gasteiger partial charge >= 0.3 is 0 Å². The second-order valence-electron chi connectivity index (χ2n) is 5.43. The van der Waals surface area contributed by atoms with Crippen molar-refractivity contribution in [2.75, 3.05) is 38.8 Å². The predicted octanol–water partition coefficient (Wildman–Crippen LogP) is 1.98. The fourth-order valence-electron chi connectivity index (χ4n) is 2.78. The number of hydrogen-bond acceptors (Lipinski definition) is 6. The van der Waals surface area contributed by atoms with E-state index in [0.29, 0.717) is 19.8 Å². The summed E-state index contributed by atoms with van der Waals surface area (Å²) in [6.07, 6.45) is 0.0545. The maximum atomic E-state index is 10.9. The van der Waals surface area contributed by atoms with Gasteiger partial charge in [0.15, 0.2) is 0 Å². The molecule has 0 aliphatic carbocycles. The normalized spacial score (nSPS) is 21.9. The molecular formula is C15H22N2O5. The van der Waals surface area contributed by atoms with Crippen molar-refractivity contribution in [3.05, 3.63) is 33.9 Å². The molecule has 1 saturated heterocycles. The second kappa shape index (κ2) is 7.53. The lowest BCUT2D eigenvalue weighted by Gasteiger charge is -2.38. The van der Waals surface area contributed by atoms with Crippen LogP contribution in [-0.2, 0) is 20.8 Å². The average Bonchev–Trinajstić information content (AvgIpc) is 2.47. The van der Waals surface area contributed by atoms with Crippen molar-refractivity contribution >= 4 is 11.4 Å². The SMILES string of the molecule is COCc1cc([N+](=O)[O-])ccc1N1CC(C)OC(COC)C1. The van der Waals surface area contributed by atoms with Crippen molar-refractivity contribution in [1.29, 1.82) is 0 Å². The van der Waals surface area contributed by atoms with Crippen LogP contribution >= 0.6 is 0 Å². The minimum Gasteiger partial charge on any atom is -0.382 e. The Morgan fingerprint density at radius 2 is 2.14 bits per heavy atom. The summed E-state index contributed by atoms with van der Waals surface area (Å²) in [6, 6.07) is 4.89. The van der Waals surface area contributed by atoms with Crippen molar-refractivity contribution in [2.45, 2.75) is 25.7 Å². The third kappa shape index (κ3) is 3.94. The molecular weight excluding hydrogens is 288 g/mol. The zero-order valence-electron chi connectivity index (χ0n) is 13.2. The first-order chi connectivity index (χ1) is 10.5. The number of hydrogen-bond donors (Lipinski definition) is 0. The number of nitro groups is 1. The summed E-state index contributed by atoms with van der Waals surface area (Å²) >= 11 is 0. The number of ether oxygens (including phenoxy) is 3. The third-order valence-electron chi connectivity index (χ3n) is 3.59. The van der Waals surface area contributed by atoms with Gasteiger partial charge in [-0.2, -0.15) is 0 Å². The number of benzene rings is 1. The van der Waals surface area contributed by atoms with Crippen molar-refractivity contribution < 1.29 is 19.1 Å². The highest BCUT2D eigenvalue weighted by molar-refractivity contribution is 5.58. The maximum Gasteiger partial charge on any atom is 0.269 e. The molecule has 0 spiro atoms. The van der Waals surface area contributed by atoms with E-state index < -0.39 is 4.92 Å². The van der Waals surface area contributed by atoms with Gasteiger partial charge in [0.25, 0.3) is 5.69 Å². The van der Waals surface area contributed by atoms with Gasteiger partial charge in [-0.15, -0.1) is 0 Å². The average molecular weight is 310 g/mol. The summed E-state index contributed by atoms with van der Waals surface area (Å²) in [6.45, 7) is 4.28. The molecule has 7 nitrogen and oxygen atoms in total. The standard InChI is InChI=1S/C15H22N2O5/c1-11-7-16(8-14(22-11)10-21-3)15-5-4-13(17(18)19)6-12(15)9-20-2/h4-6,11,14H,7-10H2,1-3H3. The third-order valence-corrected chi connectivity index (χ3v) is 3.59. The van der Waals surface area contributed by atoms with Gasteiger partial charge in [0.05, 0.1) is 30.3 Å². The molecule has 1 aliphatic rings. The summed E-state index contributed by atoms with van der Waals surface area (Å²) in [7, 11) is 3.23. The molecule has 22 heavy (non-hydrogen) atoms. The molecule has 1 aromatic rings. The van der Waals surface area contributed by atoms with E-state index in [4.69, 9.17) is 14.2 Å². The maximum absolute atomic E-state index is 10.9. The van der Waals surface area contributed by atoms with Crippen molar-refractivity contribution in [3.8, 4) is 0 Å². The smallest absolute Gasteiger partial charge is 0.269 e. The fourth-order valence-corrected chi connectivity index (χ4v) is 2.78. The number of anilines is 1. The molecule has 0 saturated carbocycles. The molecule has 7 heteroatoms. The Morgan fingerprint density at radius 3 is 2.77 bits per heavy atom. The molecule has 0 bridgehead atoms. The lowest BCUT2D eigenvalue weighted by Crippen LogP contribution is -2.48. The lowest BCUT2D eigenvalue weighted by molar-refractivity contribution is -0.384. The number of methoxy groups -OCH3 is 2. The van der Waals surface area contributed by atoms with Crippen LogP contribution < -0.4 is 4.90 Å². The van der Waals surface area contributed by atoms with Crippen LogP contribution in [0.4, 0.5) is 11.4 Å². The quantitative estimate of drug-likeness (QED) is 0.591. The highest BCUT2D eigenvalue weighted by Crippen LogP contribution is 2.28. The summed E-state index contributed by atoms with van der Waals surface area (Å²) in [5.74, 6) is 0. The summed E-state index contributed by atoms with van der Waals surface area (Å²) in [4.78, 5) is 12.7. The Bertz CT molecular complexity index is 523. The van der Waals surface area contributed by atoms with Crippen LogP contribution in [0.25, 0.3) is 0 Å². The zero-order chi connectivity index (χ0) is 16.1. The Kier molecular flexibility index (Phi) is 5.70. The predicted molar refractivity (Wildman–Crippen MR) is 82.2 cm³/mol. The molecule has 122 valence electrons. The largest absolute Gasteiger partial charge is 0.382 e. The highest BCUT2D eigenvalue weighted by Gasteiger charge is 2.27. The van der Waals surface area contributed by atoms with Gasteiger partial charge < -0.3 is 19.1 Å². The van der Waals surface area contributed by atoms with Crippen molar-refractivity contribution in [1.82, 2.24) is 0 Å². The Hall–Kier alpha value is -1.70. The fraction of sp³-hybridized carbons (Fsp3) is 0.600. The monoisotopic (exact) mass is 310 g/mol. The molecule has 0 amide bonds. The van der Waals surface area contributed by atoms with Crippen LogP contribution in [0.3, 0.4) is 0 Å². The van der Waals surface area contributed by atoms with Crippen molar-refractivity contribution in [3.63, 3.8) is 0 Å². The van der Waals surface area contributed by atoms with Gasteiger partial charge in [0.1, 0.15) is 0 Å². The molecule has 1 heterocycles. The van der Waals surface area contributed by atoms with E-state index in [9.17, 15) is 10.1 Å². The van der Waals surface area contributed by atoms with E-state index in [-0.39, 0.29) is 17.9 Å². The van der Waals surface area contributed by atoms with Gasteiger partial charge in [0.2, 0.25) is 0 Å². The van der Waals surface area contributed by atoms with E-state index >= 15 is 0 Å². The summed E-state index contributed by atoms with van der Waals surface area (Å²) < 4.78 is 16.2. The van der Waals surface area contributed by atoms with Gasteiger partial charge in [-0.3, -0.25) is 10.1 Å². The molecule has 2 unspecified atom stereocenters. The first kappa shape index (κ1) is 16.7. The van der Waals surface area contributed by atoms with E-state index in [1.807, 2.05) is 6.92 Å². The lowest BCUT2D eigenvalue weighted by atomic mass is 10.1. The van der Waals surface area contributed by atoms with Crippen LogP contribution in [0.1, 0.15) is 12.5 Å². The number of morpholine rings is 1. The first-order valence-electron chi connectivity index (χ1n) is 7.20. The van der Waals surface area contributed by atoms with Gasteiger partial charge in [0, 0.05) is 50.7 Å².